The van der Waals surface area contributed by atoms with Crippen molar-refractivity contribution in [3.05, 3.63) is 46.2 Å². The van der Waals surface area contributed by atoms with Gasteiger partial charge in [-0.25, -0.2) is 0 Å². The monoisotopic (exact) mass is 276 g/mol. The molecule has 1 aromatic rings. The Morgan fingerprint density at radius 3 is 2.84 bits per heavy atom. The second-order valence-electron chi connectivity index (χ2n) is 4.90. The minimum absolute atomic E-state index is 0.0960. The number of hydrogen-bond acceptors (Lipinski definition) is 3. The van der Waals surface area contributed by atoms with Gasteiger partial charge in [-0.1, -0.05) is 23.7 Å². The average molecular weight is 277 g/mol. The lowest BCUT2D eigenvalue weighted by atomic mass is 9.79. The van der Waals surface area contributed by atoms with Crippen molar-refractivity contribution in [3.63, 3.8) is 0 Å². The van der Waals surface area contributed by atoms with Gasteiger partial charge < -0.3 is 4.74 Å². The van der Waals surface area contributed by atoms with Gasteiger partial charge in [0.1, 0.15) is 5.76 Å². The largest absolute Gasteiger partial charge is 0.431 e. The number of rotatable bonds is 1. The topological polar surface area (TPSA) is 43.4 Å². The zero-order chi connectivity index (χ0) is 13.4. The summed E-state index contributed by atoms with van der Waals surface area (Å²) in [5.41, 5.74) is 1.58. The Labute approximate surface area is 116 Å². The average Bonchev–Trinajstić information content (AvgIpc) is 2.37. The third-order valence-corrected chi connectivity index (χ3v) is 3.85. The van der Waals surface area contributed by atoms with Crippen LogP contribution in [0.5, 0.6) is 0 Å². The molecule has 1 heterocycles. The molecule has 0 amide bonds. The molecule has 0 saturated carbocycles. The predicted octanol–water partition coefficient (Wildman–Crippen LogP) is 3.38. The zero-order valence-corrected chi connectivity index (χ0v) is 11.1. The van der Waals surface area contributed by atoms with Crippen LogP contribution in [-0.4, -0.2) is 11.8 Å². The fourth-order valence-corrected chi connectivity index (χ4v) is 2.98. The summed E-state index contributed by atoms with van der Waals surface area (Å²) in [6, 6.07) is 7.34. The highest BCUT2D eigenvalue weighted by molar-refractivity contribution is 6.30. The summed E-state index contributed by atoms with van der Waals surface area (Å²) < 4.78 is 5.23. The minimum Gasteiger partial charge on any atom is -0.431 e. The van der Waals surface area contributed by atoms with Crippen LogP contribution in [0.15, 0.2) is 35.6 Å². The van der Waals surface area contributed by atoms with E-state index >= 15 is 0 Å². The molecule has 0 fully saturated rings. The number of carbonyl (C=O) groups excluding carboxylic acids is 2. The molecular weight excluding hydrogens is 264 g/mol. The molecule has 1 aromatic carbocycles. The Balaban J connectivity index is 2.08. The molecule has 0 radical (unpaired) electrons. The van der Waals surface area contributed by atoms with E-state index in [9.17, 15) is 9.59 Å². The van der Waals surface area contributed by atoms with E-state index in [2.05, 4.69) is 0 Å². The van der Waals surface area contributed by atoms with Gasteiger partial charge in [-0.2, -0.15) is 0 Å². The van der Waals surface area contributed by atoms with Crippen molar-refractivity contribution in [2.24, 2.45) is 0 Å². The normalized spacial score (nSPS) is 23.1. The SMILES string of the molecule is O=C1CC(c2cccc(Cl)c2)C2=C(CCCC2=O)O1. The van der Waals surface area contributed by atoms with E-state index in [-0.39, 0.29) is 24.1 Å². The summed E-state index contributed by atoms with van der Waals surface area (Å²) in [6.07, 6.45) is 2.18. The molecule has 0 aromatic heterocycles. The standard InChI is InChI=1S/C15H13ClO3/c16-10-4-1-3-9(7-10)11-8-14(18)19-13-6-2-5-12(17)15(11)13/h1,3-4,7,11H,2,5-6,8H2. The van der Waals surface area contributed by atoms with Gasteiger partial charge in [0.15, 0.2) is 5.78 Å². The second kappa shape index (κ2) is 4.82. The number of benzene rings is 1. The summed E-state index contributed by atoms with van der Waals surface area (Å²) in [5, 5.41) is 0.613. The number of hydrogen-bond donors (Lipinski definition) is 0. The van der Waals surface area contributed by atoms with E-state index in [0.717, 1.165) is 12.0 Å². The highest BCUT2D eigenvalue weighted by Gasteiger charge is 2.36. The van der Waals surface area contributed by atoms with Crippen LogP contribution >= 0.6 is 11.6 Å². The summed E-state index contributed by atoms with van der Waals surface area (Å²) >= 11 is 5.99. The predicted molar refractivity (Wildman–Crippen MR) is 70.8 cm³/mol. The lowest BCUT2D eigenvalue weighted by Crippen LogP contribution is -2.27. The first kappa shape index (κ1) is 12.4. The molecule has 2 aliphatic rings. The third kappa shape index (κ3) is 2.30. The van der Waals surface area contributed by atoms with Gasteiger partial charge in [0, 0.05) is 29.4 Å². The number of Topliss-reactive ketones (excluding diaryl/α,β-unsaturated/α-hetero) is 1. The molecular formula is C15H13ClO3. The van der Waals surface area contributed by atoms with Crippen LogP contribution in [0, 0.1) is 0 Å². The van der Waals surface area contributed by atoms with E-state index in [0.29, 0.717) is 29.2 Å². The first-order valence-electron chi connectivity index (χ1n) is 6.37. The van der Waals surface area contributed by atoms with Crippen molar-refractivity contribution < 1.29 is 14.3 Å². The van der Waals surface area contributed by atoms with Crippen molar-refractivity contribution in [3.8, 4) is 0 Å². The van der Waals surface area contributed by atoms with E-state index < -0.39 is 0 Å². The number of carbonyl (C=O) groups is 2. The van der Waals surface area contributed by atoms with Gasteiger partial charge in [-0.05, 0) is 24.1 Å². The Bertz CT molecular complexity index is 589. The Kier molecular flexibility index (Phi) is 3.15. The fourth-order valence-electron chi connectivity index (χ4n) is 2.78. The van der Waals surface area contributed by atoms with Gasteiger partial charge in [0.2, 0.25) is 0 Å². The Morgan fingerprint density at radius 2 is 2.05 bits per heavy atom. The van der Waals surface area contributed by atoms with Crippen LogP contribution in [0.25, 0.3) is 0 Å². The lowest BCUT2D eigenvalue weighted by molar-refractivity contribution is -0.142. The third-order valence-electron chi connectivity index (χ3n) is 3.62. The number of esters is 1. The minimum atomic E-state index is -0.265. The maximum absolute atomic E-state index is 12.1. The summed E-state index contributed by atoms with van der Waals surface area (Å²) in [5.74, 6) is 0.192. The first-order chi connectivity index (χ1) is 9.15. The molecule has 0 N–H and O–H groups in total. The van der Waals surface area contributed by atoms with Crippen LogP contribution < -0.4 is 0 Å². The number of ketones is 1. The van der Waals surface area contributed by atoms with Gasteiger partial charge in [-0.3, -0.25) is 9.59 Å². The van der Waals surface area contributed by atoms with Gasteiger partial charge in [0.05, 0.1) is 6.42 Å². The van der Waals surface area contributed by atoms with Gasteiger partial charge in [0.25, 0.3) is 0 Å². The van der Waals surface area contributed by atoms with Gasteiger partial charge in [-0.15, -0.1) is 0 Å². The van der Waals surface area contributed by atoms with Crippen LogP contribution in [0.2, 0.25) is 5.02 Å². The van der Waals surface area contributed by atoms with E-state index in [1.807, 2.05) is 18.2 Å². The molecule has 0 bridgehead atoms. The second-order valence-corrected chi connectivity index (χ2v) is 5.34. The van der Waals surface area contributed by atoms with Crippen LogP contribution in [0.1, 0.15) is 37.2 Å². The number of allylic oxidation sites excluding steroid dienone is 2. The number of ether oxygens (including phenoxy) is 1. The Hall–Kier alpha value is -1.61. The van der Waals surface area contributed by atoms with Crippen molar-refractivity contribution in [1.29, 1.82) is 0 Å². The van der Waals surface area contributed by atoms with E-state index in [1.54, 1.807) is 6.07 Å². The molecule has 3 rings (SSSR count). The van der Waals surface area contributed by atoms with E-state index in [1.165, 1.54) is 0 Å². The molecule has 0 saturated heterocycles. The maximum Gasteiger partial charge on any atom is 0.311 e. The molecule has 0 spiro atoms. The lowest BCUT2D eigenvalue weighted by Gasteiger charge is -2.29. The molecule has 1 unspecified atom stereocenters. The van der Waals surface area contributed by atoms with Crippen LogP contribution in [0.3, 0.4) is 0 Å². The van der Waals surface area contributed by atoms with Crippen molar-refractivity contribution in [2.75, 3.05) is 0 Å². The first-order valence-corrected chi connectivity index (χ1v) is 6.75. The van der Waals surface area contributed by atoms with Gasteiger partial charge >= 0.3 is 5.97 Å². The molecule has 4 heteroatoms. The zero-order valence-electron chi connectivity index (χ0n) is 10.3. The molecule has 1 atom stereocenters. The summed E-state index contributed by atoms with van der Waals surface area (Å²) in [4.78, 5) is 23.8. The summed E-state index contributed by atoms with van der Waals surface area (Å²) in [6.45, 7) is 0. The fraction of sp³-hybridized carbons (Fsp3) is 0.333. The summed E-state index contributed by atoms with van der Waals surface area (Å²) in [7, 11) is 0. The van der Waals surface area contributed by atoms with Crippen molar-refractivity contribution >= 4 is 23.4 Å². The quantitative estimate of drug-likeness (QED) is 0.739. The van der Waals surface area contributed by atoms with Crippen LogP contribution in [0.4, 0.5) is 0 Å². The van der Waals surface area contributed by atoms with Crippen molar-refractivity contribution in [2.45, 2.75) is 31.6 Å². The maximum atomic E-state index is 12.1. The smallest absolute Gasteiger partial charge is 0.311 e. The molecule has 3 nitrogen and oxygen atoms in total. The highest BCUT2D eigenvalue weighted by atomic mass is 35.5. The Morgan fingerprint density at radius 1 is 1.21 bits per heavy atom. The van der Waals surface area contributed by atoms with E-state index in [4.69, 9.17) is 16.3 Å². The van der Waals surface area contributed by atoms with Crippen LogP contribution in [-0.2, 0) is 14.3 Å². The molecule has 1 aliphatic heterocycles. The van der Waals surface area contributed by atoms with Crippen molar-refractivity contribution in [1.82, 2.24) is 0 Å². The number of halogens is 1. The highest BCUT2D eigenvalue weighted by Crippen LogP contribution is 2.40. The molecule has 98 valence electrons. The molecule has 1 aliphatic carbocycles. The molecule has 19 heavy (non-hydrogen) atoms.